The second-order valence-electron chi connectivity index (χ2n) is 5.82. The lowest BCUT2D eigenvalue weighted by molar-refractivity contribution is -0.137. The third-order valence-corrected chi connectivity index (χ3v) is 3.90. The molecule has 0 aliphatic carbocycles. The predicted octanol–water partition coefficient (Wildman–Crippen LogP) is 5.29. The van der Waals surface area contributed by atoms with Gasteiger partial charge in [0.15, 0.2) is 0 Å². The van der Waals surface area contributed by atoms with E-state index in [1.54, 1.807) is 0 Å². The minimum absolute atomic E-state index is 0.0451. The summed E-state index contributed by atoms with van der Waals surface area (Å²) >= 11 is 5.54. The monoisotopic (exact) mass is 454 g/mol. The van der Waals surface area contributed by atoms with Crippen LogP contribution in [0.15, 0.2) is 60.7 Å². The number of anilines is 2. The molecule has 0 aliphatic rings. The zero-order valence-corrected chi connectivity index (χ0v) is 16.0. The molecular formula is C20H14ClF3N4O3. The van der Waals surface area contributed by atoms with E-state index in [0.29, 0.717) is 6.07 Å². The van der Waals surface area contributed by atoms with Crippen molar-refractivity contribution in [1.82, 2.24) is 4.98 Å². The average Bonchev–Trinajstić information content (AvgIpc) is 2.79. The zero-order chi connectivity index (χ0) is 26.1. The fourth-order valence-electron chi connectivity index (χ4n) is 2.24. The molecule has 0 aliphatic heterocycles. The number of rotatable bonds is 5. The Morgan fingerprint density at radius 1 is 1.03 bits per heavy atom. The molecule has 4 N–H and O–H groups in total. The number of pyridine rings is 1. The maximum Gasteiger partial charge on any atom is 0.417 e. The van der Waals surface area contributed by atoms with Crippen molar-refractivity contribution in [2.24, 2.45) is 5.73 Å². The van der Waals surface area contributed by atoms with Gasteiger partial charge in [0.05, 0.1) is 16.1 Å². The van der Waals surface area contributed by atoms with Crippen LogP contribution in [0.2, 0.25) is 5.02 Å². The first kappa shape index (κ1) is 16.9. The topological polar surface area (TPSA) is 106 Å². The Morgan fingerprint density at radius 2 is 1.71 bits per heavy atom. The minimum atomic E-state index is -4.77. The number of amides is 3. The van der Waals surface area contributed by atoms with Crippen molar-refractivity contribution in [1.29, 1.82) is 0 Å². The number of nitrogens with zero attached hydrogens (tertiary/aromatic N) is 1. The van der Waals surface area contributed by atoms with E-state index in [1.807, 2.05) is 0 Å². The van der Waals surface area contributed by atoms with E-state index in [1.165, 1.54) is 12.3 Å². The first-order chi connectivity index (χ1) is 16.3. The van der Waals surface area contributed by atoms with Gasteiger partial charge in [-0.3, -0.25) is 9.78 Å². The third kappa shape index (κ3) is 5.86. The van der Waals surface area contributed by atoms with Crippen molar-refractivity contribution in [2.75, 3.05) is 10.6 Å². The summed E-state index contributed by atoms with van der Waals surface area (Å²) in [5.74, 6) is -1.42. The van der Waals surface area contributed by atoms with Gasteiger partial charge in [-0.1, -0.05) is 11.6 Å². The number of primary amides is 1. The number of nitrogens with two attached hydrogens (primary N) is 1. The number of benzene rings is 2. The van der Waals surface area contributed by atoms with Crippen LogP contribution in [0.4, 0.5) is 29.3 Å². The molecule has 2 aromatic carbocycles. The van der Waals surface area contributed by atoms with Gasteiger partial charge in [-0.05, 0) is 48.4 Å². The number of carbonyl (C=O) groups is 2. The normalized spacial score (nSPS) is 12.8. The van der Waals surface area contributed by atoms with Crippen LogP contribution in [-0.4, -0.2) is 16.9 Å². The Morgan fingerprint density at radius 3 is 2.35 bits per heavy atom. The number of aromatic nitrogens is 1. The second kappa shape index (κ2) is 8.92. The summed E-state index contributed by atoms with van der Waals surface area (Å²) in [5, 5.41) is 3.63. The molecule has 31 heavy (non-hydrogen) atoms. The SMILES string of the molecule is [2H]c1c([2H])c(Oc2ccnc(C(N)=O)c2)c([2H])c([2H])c1NC(=O)Nc1ccc(Cl)c(C(F)(F)F)c1. The molecule has 0 radical (unpaired) electrons. The van der Waals surface area contributed by atoms with Crippen molar-refractivity contribution < 1.29 is 33.0 Å². The van der Waals surface area contributed by atoms with Crippen LogP contribution in [-0.2, 0) is 6.18 Å². The summed E-state index contributed by atoms with van der Waals surface area (Å²) in [7, 11) is 0. The number of halogens is 4. The maximum atomic E-state index is 13.0. The van der Waals surface area contributed by atoms with Crippen LogP contribution in [0, 0.1) is 0 Å². The van der Waals surface area contributed by atoms with Crippen LogP contribution in [0.25, 0.3) is 0 Å². The van der Waals surface area contributed by atoms with Gasteiger partial charge in [0.2, 0.25) is 0 Å². The molecule has 1 aromatic heterocycles. The molecule has 1 heterocycles. The lowest BCUT2D eigenvalue weighted by atomic mass is 10.2. The Hall–Kier alpha value is -3.79. The van der Waals surface area contributed by atoms with Crippen LogP contribution in [0.5, 0.6) is 11.5 Å². The zero-order valence-electron chi connectivity index (χ0n) is 19.2. The molecule has 0 atom stereocenters. The first-order valence-electron chi connectivity index (χ1n) is 10.3. The molecule has 7 nitrogen and oxygen atoms in total. The summed E-state index contributed by atoms with van der Waals surface area (Å²) in [5.41, 5.74) is 2.96. The number of carbonyl (C=O) groups excluding carboxylic acids is 2. The molecule has 0 saturated heterocycles. The van der Waals surface area contributed by atoms with Crippen LogP contribution < -0.4 is 21.1 Å². The molecule has 0 unspecified atom stereocenters. The Balaban J connectivity index is 1.87. The van der Waals surface area contributed by atoms with Crippen LogP contribution in [0.3, 0.4) is 0 Å². The van der Waals surface area contributed by atoms with Gasteiger partial charge in [0.1, 0.15) is 17.2 Å². The van der Waals surface area contributed by atoms with E-state index in [4.69, 9.17) is 27.6 Å². The van der Waals surface area contributed by atoms with E-state index in [-0.39, 0.29) is 17.1 Å². The number of hydrogen-bond donors (Lipinski definition) is 3. The molecule has 11 heteroatoms. The van der Waals surface area contributed by atoms with Crippen molar-refractivity contribution in [2.45, 2.75) is 6.18 Å². The molecular weight excluding hydrogens is 437 g/mol. The smallest absolute Gasteiger partial charge is 0.417 e. The number of nitrogens with one attached hydrogen (secondary N) is 2. The molecule has 3 amide bonds. The van der Waals surface area contributed by atoms with Crippen LogP contribution >= 0.6 is 11.6 Å². The summed E-state index contributed by atoms with van der Waals surface area (Å²) in [4.78, 5) is 27.3. The van der Waals surface area contributed by atoms with E-state index >= 15 is 0 Å². The lowest BCUT2D eigenvalue weighted by Gasteiger charge is -2.12. The fourth-order valence-corrected chi connectivity index (χ4v) is 2.46. The largest absolute Gasteiger partial charge is 0.457 e. The van der Waals surface area contributed by atoms with Gasteiger partial charge in [-0.15, -0.1) is 0 Å². The third-order valence-electron chi connectivity index (χ3n) is 3.57. The fraction of sp³-hybridized carbons (Fsp3) is 0.0500. The van der Waals surface area contributed by atoms with Gasteiger partial charge in [0.25, 0.3) is 5.91 Å². The summed E-state index contributed by atoms with van der Waals surface area (Å²) in [6.45, 7) is 0. The van der Waals surface area contributed by atoms with Crippen molar-refractivity contribution in [3.63, 3.8) is 0 Å². The van der Waals surface area contributed by atoms with E-state index in [0.717, 1.165) is 18.2 Å². The van der Waals surface area contributed by atoms with E-state index in [9.17, 15) is 22.8 Å². The van der Waals surface area contributed by atoms with E-state index in [2.05, 4.69) is 15.6 Å². The second-order valence-corrected chi connectivity index (χ2v) is 6.23. The van der Waals surface area contributed by atoms with Gasteiger partial charge in [0, 0.05) is 23.6 Å². The molecule has 160 valence electrons. The molecule has 0 bridgehead atoms. The van der Waals surface area contributed by atoms with Gasteiger partial charge in [-0.2, -0.15) is 13.2 Å². The number of ether oxygens (including phenoxy) is 1. The Bertz CT molecular complexity index is 1310. The first-order valence-corrected chi connectivity index (χ1v) is 8.66. The summed E-state index contributed by atoms with van der Waals surface area (Å²) in [6.07, 6.45) is -3.58. The number of alkyl halides is 3. The van der Waals surface area contributed by atoms with Crippen molar-refractivity contribution in [3.8, 4) is 11.5 Å². The van der Waals surface area contributed by atoms with E-state index < -0.39 is 64.3 Å². The molecule has 0 spiro atoms. The highest BCUT2D eigenvalue weighted by Gasteiger charge is 2.33. The molecule has 0 fully saturated rings. The van der Waals surface area contributed by atoms with Gasteiger partial charge < -0.3 is 21.1 Å². The standard InChI is InChI=1S/C20H14ClF3N4O3/c21-16-6-3-12(9-15(16)20(22,23)24)28-19(30)27-11-1-4-13(5-2-11)31-14-7-8-26-17(10-14)18(25)29/h1-10H,(H2,25,29)(H2,27,28,30)/i1D,2D,4D,5D. The van der Waals surface area contributed by atoms with Crippen LogP contribution in [0.1, 0.15) is 21.5 Å². The maximum absolute atomic E-state index is 13.0. The molecule has 0 saturated carbocycles. The molecule has 3 rings (SSSR count). The lowest BCUT2D eigenvalue weighted by Crippen LogP contribution is -2.19. The Labute approximate surface area is 184 Å². The predicted molar refractivity (Wildman–Crippen MR) is 108 cm³/mol. The highest BCUT2D eigenvalue weighted by molar-refractivity contribution is 6.31. The Kier molecular flexibility index (Phi) is 4.88. The minimum Gasteiger partial charge on any atom is -0.457 e. The average molecular weight is 455 g/mol. The van der Waals surface area contributed by atoms with Gasteiger partial charge >= 0.3 is 12.2 Å². The van der Waals surface area contributed by atoms with Gasteiger partial charge in [-0.25, -0.2) is 4.79 Å². The van der Waals surface area contributed by atoms with Crippen molar-refractivity contribution in [3.05, 3.63) is 77.0 Å². The number of urea groups is 1. The highest BCUT2D eigenvalue weighted by atomic mass is 35.5. The summed E-state index contributed by atoms with van der Waals surface area (Å²) in [6, 6.07) is 1.18. The quantitative estimate of drug-likeness (QED) is 0.487. The highest BCUT2D eigenvalue weighted by Crippen LogP contribution is 2.36. The summed E-state index contributed by atoms with van der Waals surface area (Å²) < 4.78 is 76.9. The molecule has 3 aromatic rings. The van der Waals surface area contributed by atoms with Crippen molar-refractivity contribution >= 4 is 34.9 Å². The number of hydrogen-bond acceptors (Lipinski definition) is 4.